The van der Waals surface area contributed by atoms with Crippen LogP contribution in [0.15, 0.2) is 48.5 Å². The van der Waals surface area contributed by atoms with Crippen molar-refractivity contribution in [2.75, 3.05) is 0 Å². The van der Waals surface area contributed by atoms with Gasteiger partial charge in [0.2, 0.25) is 0 Å². The van der Waals surface area contributed by atoms with Crippen molar-refractivity contribution in [2.24, 2.45) is 11.8 Å². The molecule has 0 heterocycles. The SMILES string of the molecule is CC(C)(C)OC(=O)NC1(C(=O)O)CCC1CC(=O)c1ccc(-c2ccc(C(=O)CC3CCC3(NC(=O)OC(C)(C)C)C(=O)O)cc2)cc1. The minimum absolute atomic E-state index is 0.0598. The first-order valence-electron chi connectivity index (χ1n) is 16.0. The number of aliphatic carboxylic acids is 2. The van der Waals surface area contributed by atoms with Gasteiger partial charge in [-0.25, -0.2) is 19.2 Å². The number of alkyl carbamates (subject to hydrolysis) is 2. The zero-order valence-electron chi connectivity index (χ0n) is 28.2. The molecule has 0 bridgehead atoms. The Labute approximate surface area is 279 Å². The second-order valence-corrected chi connectivity index (χ2v) is 14.7. The molecule has 4 rings (SSSR count). The van der Waals surface area contributed by atoms with Crippen LogP contribution in [0.25, 0.3) is 11.1 Å². The summed E-state index contributed by atoms with van der Waals surface area (Å²) in [6.45, 7) is 10.1. The molecule has 12 nitrogen and oxygen atoms in total. The van der Waals surface area contributed by atoms with E-state index < -0.39 is 58.2 Å². The smallest absolute Gasteiger partial charge is 0.408 e. The van der Waals surface area contributed by atoms with Crippen LogP contribution in [0.5, 0.6) is 0 Å². The van der Waals surface area contributed by atoms with Gasteiger partial charge in [0, 0.05) is 35.8 Å². The van der Waals surface area contributed by atoms with Gasteiger partial charge in [-0.1, -0.05) is 48.5 Å². The van der Waals surface area contributed by atoms with Crippen molar-refractivity contribution in [3.8, 4) is 11.1 Å². The number of carbonyl (C=O) groups excluding carboxylic acids is 4. The van der Waals surface area contributed by atoms with Crippen LogP contribution in [0.1, 0.15) is 101 Å². The lowest BCUT2D eigenvalue weighted by molar-refractivity contribution is -0.153. The highest BCUT2D eigenvalue weighted by atomic mass is 16.6. The Bertz CT molecular complexity index is 1470. The average Bonchev–Trinajstić information content (AvgIpc) is 2.96. The normalized spacial score (nSPS) is 23.5. The van der Waals surface area contributed by atoms with E-state index in [2.05, 4.69) is 10.6 Å². The van der Waals surface area contributed by atoms with Gasteiger partial charge in [-0.2, -0.15) is 0 Å². The van der Waals surface area contributed by atoms with Crippen LogP contribution >= 0.6 is 0 Å². The number of carboxylic acids is 2. The van der Waals surface area contributed by atoms with Crippen LogP contribution in [0.2, 0.25) is 0 Å². The molecule has 2 aliphatic rings. The molecule has 0 spiro atoms. The van der Waals surface area contributed by atoms with Gasteiger partial charge >= 0.3 is 24.1 Å². The number of ether oxygens (including phenoxy) is 2. The number of nitrogens with one attached hydrogen (secondary N) is 2. The highest BCUT2D eigenvalue weighted by Crippen LogP contribution is 2.43. The Balaban J connectivity index is 1.37. The van der Waals surface area contributed by atoms with Crippen LogP contribution in [-0.4, -0.2) is 68.2 Å². The van der Waals surface area contributed by atoms with E-state index in [0.717, 1.165) is 11.1 Å². The van der Waals surface area contributed by atoms with Crippen molar-refractivity contribution in [3.05, 3.63) is 59.7 Å². The van der Waals surface area contributed by atoms with Crippen molar-refractivity contribution in [3.63, 3.8) is 0 Å². The van der Waals surface area contributed by atoms with Crippen LogP contribution in [0.3, 0.4) is 0 Å². The Hall–Kier alpha value is -4.74. The lowest BCUT2D eigenvalue weighted by Gasteiger charge is -2.46. The number of carboxylic acid groups (broad SMARTS) is 2. The monoisotopic (exact) mass is 664 g/mol. The van der Waals surface area contributed by atoms with E-state index in [9.17, 15) is 39.0 Å². The van der Waals surface area contributed by atoms with Crippen molar-refractivity contribution in [1.82, 2.24) is 10.6 Å². The maximum absolute atomic E-state index is 13.1. The minimum Gasteiger partial charge on any atom is -0.479 e. The molecular weight excluding hydrogens is 620 g/mol. The summed E-state index contributed by atoms with van der Waals surface area (Å²) in [5.41, 5.74) is -2.38. The first-order valence-corrected chi connectivity index (χ1v) is 16.0. The van der Waals surface area contributed by atoms with Crippen molar-refractivity contribution in [2.45, 2.75) is 102 Å². The molecule has 0 aliphatic heterocycles. The molecule has 2 aromatic rings. The Morgan fingerprint density at radius 1 is 0.625 bits per heavy atom. The topological polar surface area (TPSA) is 185 Å². The highest BCUT2D eigenvalue weighted by molar-refractivity contribution is 5.99. The summed E-state index contributed by atoms with van der Waals surface area (Å²) in [6, 6.07) is 13.6. The molecule has 258 valence electrons. The van der Waals surface area contributed by atoms with Crippen LogP contribution in [0, 0.1) is 11.8 Å². The molecule has 2 amide bonds. The summed E-state index contributed by atoms with van der Waals surface area (Å²) in [6.07, 6.45) is -0.477. The fraction of sp³-hybridized carbons (Fsp3) is 0.500. The molecule has 48 heavy (non-hydrogen) atoms. The Kier molecular flexibility index (Phi) is 10.1. The number of Topliss-reactive ketones (excluding diaryl/α,β-unsaturated/α-hetero) is 2. The van der Waals surface area contributed by atoms with Gasteiger partial charge < -0.3 is 30.3 Å². The first-order chi connectivity index (χ1) is 22.2. The standard InChI is InChI=1S/C36H44N2O10/c1-33(2,3)47-31(45)37-35(29(41)42)17-15-25(35)19-27(39)23-11-7-21(8-12-23)22-9-13-24(14-10-22)28(40)20-26-16-18-36(26,30(43)44)38-32(46)48-34(4,5)6/h7-14,25-26H,15-20H2,1-6H3,(H,37,45)(H,38,46)(H,41,42)(H,43,44). The van der Waals surface area contributed by atoms with Crippen molar-refractivity contribution < 1.29 is 48.5 Å². The summed E-state index contributed by atoms with van der Waals surface area (Å²) in [7, 11) is 0. The summed E-state index contributed by atoms with van der Waals surface area (Å²) in [5, 5.41) is 24.8. The largest absolute Gasteiger partial charge is 0.479 e. The molecule has 2 saturated carbocycles. The third-order valence-electron chi connectivity index (χ3n) is 8.99. The number of hydrogen-bond acceptors (Lipinski definition) is 8. The number of hydrogen-bond donors (Lipinski definition) is 4. The number of benzene rings is 2. The Morgan fingerprint density at radius 3 is 1.17 bits per heavy atom. The average molecular weight is 665 g/mol. The molecule has 12 heteroatoms. The lowest BCUT2D eigenvalue weighted by Crippen LogP contribution is -2.65. The maximum Gasteiger partial charge on any atom is 0.408 e. The first kappa shape index (κ1) is 36.1. The number of carbonyl (C=O) groups is 6. The fourth-order valence-corrected chi connectivity index (χ4v) is 6.18. The predicted molar refractivity (Wildman–Crippen MR) is 175 cm³/mol. The molecule has 0 saturated heterocycles. The number of amides is 2. The molecule has 2 aromatic carbocycles. The number of ketones is 2. The van der Waals surface area contributed by atoms with E-state index in [4.69, 9.17) is 9.47 Å². The second kappa shape index (κ2) is 13.4. The van der Waals surface area contributed by atoms with Crippen molar-refractivity contribution >= 4 is 35.7 Å². The van der Waals surface area contributed by atoms with E-state index in [0.29, 0.717) is 24.0 Å². The Morgan fingerprint density at radius 2 is 0.938 bits per heavy atom. The van der Waals surface area contributed by atoms with Crippen LogP contribution in [0.4, 0.5) is 9.59 Å². The quantitative estimate of drug-likeness (QED) is 0.207. The molecule has 2 aliphatic carbocycles. The minimum atomic E-state index is -1.57. The van der Waals surface area contributed by atoms with Gasteiger partial charge in [-0.15, -0.1) is 0 Å². The third-order valence-corrected chi connectivity index (χ3v) is 8.99. The summed E-state index contributed by atoms with van der Waals surface area (Å²) < 4.78 is 10.5. The van der Waals surface area contributed by atoms with E-state index in [-0.39, 0.29) is 37.2 Å². The molecule has 0 aromatic heterocycles. The summed E-state index contributed by atoms with van der Waals surface area (Å²) in [5.74, 6) is -4.10. The zero-order valence-corrected chi connectivity index (χ0v) is 28.2. The molecular formula is C36H44N2O10. The predicted octanol–water partition coefficient (Wildman–Crippen LogP) is 6.02. The molecule has 4 atom stereocenters. The van der Waals surface area contributed by atoms with Gasteiger partial charge in [-0.05, 0) is 78.4 Å². The fourth-order valence-electron chi connectivity index (χ4n) is 6.18. The summed E-state index contributed by atoms with van der Waals surface area (Å²) in [4.78, 5) is 75.3. The van der Waals surface area contributed by atoms with E-state index in [1.165, 1.54) is 0 Å². The zero-order chi connectivity index (χ0) is 35.7. The van der Waals surface area contributed by atoms with Gasteiger partial charge in [0.05, 0.1) is 0 Å². The molecule has 2 fully saturated rings. The van der Waals surface area contributed by atoms with E-state index >= 15 is 0 Å². The van der Waals surface area contributed by atoms with Crippen molar-refractivity contribution in [1.29, 1.82) is 0 Å². The lowest BCUT2D eigenvalue weighted by atomic mass is 9.64. The number of rotatable bonds is 11. The highest BCUT2D eigenvalue weighted by Gasteiger charge is 2.56. The van der Waals surface area contributed by atoms with Crippen LogP contribution < -0.4 is 10.6 Å². The maximum atomic E-state index is 13.1. The van der Waals surface area contributed by atoms with Gasteiger partial charge in [0.1, 0.15) is 22.3 Å². The molecule has 0 radical (unpaired) electrons. The second-order valence-electron chi connectivity index (χ2n) is 14.7. The summed E-state index contributed by atoms with van der Waals surface area (Å²) >= 11 is 0. The van der Waals surface area contributed by atoms with E-state index in [1.54, 1.807) is 90.1 Å². The van der Waals surface area contributed by atoms with Crippen LogP contribution in [-0.2, 0) is 19.1 Å². The third kappa shape index (κ3) is 8.03. The molecule has 4 N–H and O–H groups in total. The van der Waals surface area contributed by atoms with E-state index in [1.807, 2.05) is 0 Å². The van der Waals surface area contributed by atoms with Gasteiger partial charge in [-0.3, -0.25) is 9.59 Å². The van der Waals surface area contributed by atoms with Gasteiger partial charge in [0.25, 0.3) is 0 Å². The molecule has 4 unspecified atom stereocenters. The van der Waals surface area contributed by atoms with Gasteiger partial charge in [0.15, 0.2) is 11.6 Å².